The predicted molar refractivity (Wildman–Crippen MR) is 29.0 cm³/mol. The smallest absolute Gasteiger partial charge is 0.220 e. The summed E-state index contributed by atoms with van der Waals surface area (Å²) >= 11 is 0. The van der Waals surface area contributed by atoms with Gasteiger partial charge < -0.3 is 5.32 Å². The molecule has 0 aromatic rings. The second-order valence-electron chi connectivity index (χ2n) is 1.27. The molecule has 0 heterocycles. The van der Waals surface area contributed by atoms with Crippen molar-refractivity contribution in [2.75, 3.05) is 6.54 Å². The lowest BCUT2D eigenvalue weighted by Gasteiger charge is -1.92. The summed E-state index contributed by atoms with van der Waals surface area (Å²) in [4.78, 5) is 19.8. The highest BCUT2D eigenvalue weighted by Crippen LogP contribution is 1.70. The number of hydrogen-bond acceptors (Lipinski definition) is 2. The first kappa shape index (κ1) is 7.14. The third-order valence-electron chi connectivity index (χ3n) is 0.679. The van der Waals surface area contributed by atoms with Gasteiger partial charge in [-0.25, -0.2) is 0 Å². The van der Waals surface area contributed by atoms with Gasteiger partial charge in [0.25, 0.3) is 0 Å². The molecule has 1 radical (unpaired) electrons. The van der Waals surface area contributed by atoms with Crippen LogP contribution in [0.2, 0.25) is 0 Å². The molecular weight excluding hydrogens is 106 g/mol. The summed E-state index contributed by atoms with van der Waals surface area (Å²) < 4.78 is 0. The molecule has 3 nitrogen and oxygen atoms in total. The van der Waals surface area contributed by atoms with Crippen molar-refractivity contribution in [2.45, 2.75) is 13.3 Å². The molecule has 45 valence electrons. The van der Waals surface area contributed by atoms with Crippen LogP contribution in [0.5, 0.6) is 0 Å². The third-order valence-corrected chi connectivity index (χ3v) is 0.679. The first-order chi connectivity index (χ1) is 3.81. The van der Waals surface area contributed by atoms with Gasteiger partial charge in [-0.3, -0.25) is 9.59 Å². The van der Waals surface area contributed by atoms with E-state index in [1.165, 1.54) is 0 Å². The SMILES string of the molecule is CCC(=O)NC[C]=O. The minimum Gasteiger partial charge on any atom is -0.349 e. The lowest BCUT2D eigenvalue weighted by atomic mass is 10.4. The highest BCUT2D eigenvalue weighted by molar-refractivity contribution is 5.77. The zero-order chi connectivity index (χ0) is 6.41. The van der Waals surface area contributed by atoms with E-state index in [-0.39, 0.29) is 12.5 Å². The van der Waals surface area contributed by atoms with Crippen LogP contribution in [0.3, 0.4) is 0 Å². The fourth-order valence-corrected chi connectivity index (χ4v) is 0.260. The lowest BCUT2D eigenvalue weighted by Crippen LogP contribution is -2.23. The molecule has 3 heteroatoms. The maximum absolute atomic E-state index is 10.3. The molecule has 0 atom stereocenters. The monoisotopic (exact) mass is 114 g/mol. The van der Waals surface area contributed by atoms with E-state index in [9.17, 15) is 9.59 Å². The van der Waals surface area contributed by atoms with Crippen LogP contribution in [0, 0.1) is 0 Å². The van der Waals surface area contributed by atoms with Gasteiger partial charge in [0.2, 0.25) is 12.2 Å². The van der Waals surface area contributed by atoms with Crippen LogP contribution in [0.4, 0.5) is 0 Å². The molecule has 1 amide bonds. The van der Waals surface area contributed by atoms with Gasteiger partial charge in [0.05, 0.1) is 6.54 Å². The van der Waals surface area contributed by atoms with Crippen molar-refractivity contribution in [1.82, 2.24) is 5.32 Å². The van der Waals surface area contributed by atoms with Gasteiger partial charge in [0, 0.05) is 6.42 Å². The predicted octanol–water partition coefficient (Wildman–Crippen LogP) is -0.378. The highest BCUT2D eigenvalue weighted by Gasteiger charge is 1.91. The normalized spacial score (nSPS) is 8.12. The first-order valence-electron chi connectivity index (χ1n) is 2.43. The van der Waals surface area contributed by atoms with E-state index in [0.717, 1.165) is 0 Å². The van der Waals surface area contributed by atoms with E-state index in [1.54, 1.807) is 13.2 Å². The van der Waals surface area contributed by atoms with Crippen LogP contribution in [0.25, 0.3) is 0 Å². The summed E-state index contributed by atoms with van der Waals surface area (Å²) in [5.74, 6) is -0.117. The second kappa shape index (κ2) is 4.30. The van der Waals surface area contributed by atoms with Gasteiger partial charge in [-0.1, -0.05) is 6.92 Å². The van der Waals surface area contributed by atoms with Gasteiger partial charge in [-0.2, -0.15) is 0 Å². The molecule has 0 spiro atoms. The average Bonchev–Trinajstić information content (AvgIpc) is 1.83. The van der Waals surface area contributed by atoms with Gasteiger partial charge in [-0.05, 0) is 0 Å². The number of amides is 1. The molecule has 0 aliphatic carbocycles. The zero-order valence-corrected chi connectivity index (χ0v) is 4.73. The third kappa shape index (κ3) is 3.33. The number of carbonyl (C=O) groups excluding carboxylic acids is 2. The number of hydrogen-bond donors (Lipinski definition) is 1. The van der Waals surface area contributed by atoms with E-state index in [2.05, 4.69) is 5.32 Å². The molecule has 0 saturated heterocycles. The molecule has 8 heavy (non-hydrogen) atoms. The maximum Gasteiger partial charge on any atom is 0.220 e. The molecule has 0 aliphatic rings. The van der Waals surface area contributed by atoms with E-state index in [0.29, 0.717) is 6.42 Å². The summed E-state index contributed by atoms with van der Waals surface area (Å²) in [5.41, 5.74) is 0. The molecular formula is C5H8NO2. The molecule has 0 fully saturated rings. The Hall–Kier alpha value is -0.860. The Balaban J connectivity index is 3.11. The summed E-state index contributed by atoms with van der Waals surface area (Å²) in [5, 5.41) is 2.32. The largest absolute Gasteiger partial charge is 0.349 e. The standard InChI is InChI=1S/C5H8NO2/c1-2-5(8)6-3-4-7/h2-3H2,1H3,(H,6,8). The molecule has 0 rings (SSSR count). The number of nitrogens with one attached hydrogen (secondary N) is 1. The highest BCUT2D eigenvalue weighted by atomic mass is 16.2. The first-order valence-corrected chi connectivity index (χ1v) is 2.43. The van der Waals surface area contributed by atoms with Crippen molar-refractivity contribution in [3.8, 4) is 0 Å². The fourth-order valence-electron chi connectivity index (χ4n) is 0.260. The minimum absolute atomic E-state index is 0.00662. The Morgan fingerprint density at radius 1 is 1.75 bits per heavy atom. The van der Waals surface area contributed by atoms with Crippen molar-refractivity contribution in [2.24, 2.45) is 0 Å². The van der Waals surface area contributed by atoms with Gasteiger partial charge >= 0.3 is 0 Å². The van der Waals surface area contributed by atoms with Crippen LogP contribution >= 0.6 is 0 Å². The second-order valence-corrected chi connectivity index (χ2v) is 1.27. The van der Waals surface area contributed by atoms with Crippen LogP contribution < -0.4 is 5.32 Å². The summed E-state index contributed by atoms with van der Waals surface area (Å²) in [6.07, 6.45) is 1.97. The van der Waals surface area contributed by atoms with Crippen LogP contribution in [-0.2, 0) is 9.59 Å². The summed E-state index contributed by atoms with van der Waals surface area (Å²) in [7, 11) is 0. The Morgan fingerprint density at radius 3 is 2.75 bits per heavy atom. The summed E-state index contributed by atoms with van der Waals surface area (Å²) in [6.45, 7) is 1.73. The zero-order valence-electron chi connectivity index (χ0n) is 4.73. The van der Waals surface area contributed by atoms with Gasteiger partial charge in [-0.15, -0.1) is 0 Å². The topological polar surface area (TPSA) is 46.2 Å². The Labute approximate surface area is 48.1 Å². The molecule has 0 saturated carbocycles. The van der Waals surface area contributed by atoms with Gasteiger partial charge in [0.1, 0.15) is 0 Å². The number of carbonyl (C=O) groups is 1. The van der Waals surface area contributed by atoms with E-state index < -0.39 is 0 Å². The summed E-state index contributed by atoms with van der Waals surface area (Å²) in [6, 6.07) is 0. The molecule has 0 bridgehead atoms. The molecule has 0 aromatic carbocycles. The average molecular weight is 114 g/mol. The fraction of sp³-hybridized carbons (Fsp3) is 0.600. The minimum atomic E-state index is -0.117. The molecule has 0 aromatic heterocycles. The van der Waals surface area contributed by atoms with E-state index in [4.69, 9.17) is 0 Å². The van der Waals surface area contributed by atoms with Crippen molar-refractivity contribution in [1.29, 1.82) is 0 Å². The Bertz CT molecular complexity index is 90.4. The van der Waals surface area contributed by atoms with Crippen LogP contribution in [0.1, 0.15) is 13.3 Å². The van der Waals surface area contributed by atoms with Gasteiger partial charge in [0.15, 0.2) is 0 Å². The molecule has 0 unspecified atom stereocenters. The van der Waals surface area contributed by atoms with Crippen LogP contribution in [-0.4, -0.2) is 18.7 Å². The maximum atomic E-state index is 10.3. The Kier molecular flexibility index (Phi) is 3.84. The quantitative estimate of drug-likeness (QED) is 0.543. The lowest BCUT2D eigenvalue weighted by molar-refractivity contribution is -0.120. The van der Waals surface area contributed by atoms with E-state index in [1.807, 2.05) is 0 Å². The van der Waals surface area contributed by atoms with E-state index >= 15 is 0 Å². The van der Waals surface area contributed by atoms with Crippen LogP contribution in [0.15, 0.2) is 0 Å². The molecule has 0 aliphatic heterocycles. The van der Waals surface area contributed by atoms with Crippen molar-refractivity contribution in [3.05, 3.63) is 0 Å². The molecule has 1 N–H and O–H groups in total. The van der Waals surface area contributed by atoms with Crippen molar-refractivity contribution < 1.29 is 9.59 Å². The van der Waals surface area contributed by atoms with Crippen molar-refractivity contribution in [3.63, 3.8) is 0 Å². The number of rotatable bonds is 3. The Morgan fingerprint density at radius 2 is 2.38 bits per heavy atom. The van der Waals surface area contributed by atoms with Crippen molar-refractivity contribution >= 4 is 12.2 Å².